The second kappa shape index (κ2) is 6.30. The van der Waals surface area contributed by atoms with E-state index in [0.29, 0.717) is 16.0 Å². The number of rotatable bonds is 3. The zero-order chi connectivity index (χ0) is 14.0. The van der Waals surface area contributed by atoms with Gasteiger partial charge in [-0.2, -0.15) is 0 Å². The van der Waals surface area contributed by atoms with Gasteiger partial charge in [0.1, 0.15) is 10.3 Å². The van der Waals surface area contributed by atoms with E-state index >= 15 is 0 Å². The van der Waals surface area contributed by atoms with Gasteiger partial charge in [-0.25, -0.2) is 4.98 Å². The highest BCUT2D eigenvalue weighted by Crippen LogP contribution is 2.27. The van der Waals surface area contributed by atoms with Crippen LogP contribution in [0, 0.1) is 0 Å². The van der Waals surface area contributed by atoms with Gasteiger partial charge in [0.15, 0.2) is 0 Å². The standard InChI is InChI=1S/C12H9Br3N2O2/c1-19-5-9-10(15)12(18)17-11(16-9)6-2-3-7(13)8(14)4-6/h2-4H,5H2,1H3,(H,16,17,18). The van der Waals surface area contributed by atoms with Crippen molar-refractivity contribution in [1.29, 1.82) is 0 Å². The van der Waals surface area contributed by atoms with Crippen LogP contribution in [0.1, 0.15) is 5.69 Å². The number of benzene rings is 1. The third-order valence-corrected chi connectivity index (χ3v) is 5.10. The maximum Gasteiger partial charge on any atom is 0.265 e. The van der Waals surface area contributed by atoms with Gasteiger partial charge in [-0.3, -0.25) is 4.79 Å². The van der Waals surface area contributed by atoms with Crippen molar-refractivity contribution in [2.45, 2.75) is 6.61 Å². The van der Waals surface area contributed by atoms with E-state index in [1.54, 1.807) is 7.11 Å². The summed E-state index contributed by atoms with van der Waals surface area (Å²) >= 11 is 10.0. The molecule has 1 aromatic carbocycles. The minimum absolute atomic E-state index is 0.226. The van der Waals surface area contributed by atoms with Gasteiger partial charge in [0, 0.05) is 21.6 Å². The number of nitrogens with zero attached hydrogens (tertiary/aromatic N) is 1. The molecule has 0 spiro atoms. The van der Waals surface area contributed by atoms with Crippen LogP contribution in [0.15, 0.2) is 36.4 Å². The molecule has 0 saturated heterocycles. The normalized spacial score (nSPS) is 10.7. The number of methoxy groups -OCH3 is 1. The first kappa shape index (κ1) is 14.9. The van der Waals surface area contributed by atoms with Crippen LogP contribution in [0.3, 0.4) is 0 Å². The minimum Gasteiger partial charge on any atom is -0.378 e. The predicted octanol–water partition coefficient (Wildman–Crippen LogP) is 3.87. The molecule has 7 heteroatoms. The molecule has 1 N–H and O–H groups in total. The Morgan fingerprint density at radius 1 is 1.26 bits per heavy atom. The van der Waals surface area contributed by atoms with Crippen molar-refractivity contribution in [2.75, 3.05) is 7.11 Å². The maximum atomic E-state index is 11.8. The second-order valence-corrected chi connectivity index (χ2v) is 6.24. The fraction of sp³-hybridized carbons (Fsp3) is 0.167. The Bertz CT molecular complexity index is 671. The van der Waals surface area contributed by atoms with Gasteiger partial charge in [-0.1, -0.05) is 6.07 Å². The molecule has 2 aromatic rings. The van der Waals surface area contributed by atoms with Crippen molar-refractivity contribution in [3.05, 3.63) is 47.7 Å². The molecule has 0 fully saturated rings. The smallest absolute Gasteiger partial charge is 0.265 e. The molecule has 0 aliphatic rings. The van der Waals surface area contributed by atoms with E-state index in [0.717, 1.165) is 14.5 Å². The van der Waals surface area contributed by atoms with Crippen LogP contribution in [0.5, 0.6) is 0 Å². The molecule has 0 aliphatic heterocycles. The Labute approximate surface area is 135 Å². The maximum absolute atomic E-state index is 11.8. The van der Waals surface area contributed by atoms with Crippen LogP contribution in [-0.2, 0) is 11.3 Å². The summed E-state index contributed by atoms with van der Waals surface area (Å²) in [4.78, 5) is 19.0. The average Bonchev–Trinajstić information content (AvgIpc) is 2.38. The van der Waals surface area contributed by atoms with Crippen LogP contribution in [-0.4, -0.2) is 17.1 Å². The lowest BCUT2D eigenvalue weighted by atomic mass is 10.2. The number of aromatic nitrogens is 2. The molecule has 0 radical (unpaired) electrons. The molecule has 0 saturated carbocycles. The zero-order valence-corrected chi connectivity index (χ0v) is 14.6. The van der Waals surface area contributed by atoms with Crippen molar-refractivity contribution < 1.29 is 4.74 Å². The van der Waals surface area contributed by atoms with Gasteiger partial charge in [-0.05, 0) is 59.9 Å². The van der Waals surface area contributed by atoms with Crippen molar-refractivity contribution >= 4 is 47.8 Å². The first-order chi connectivity index (χ1) is 9.02. The van der Waals surface area contributed by atoms with Crippen LogP contribution in [0.25, 0.3) is 11.4 Å². The Balaban J connectivity index is 2.56. The van der Waals surface area contributed by atoms with E-state index in [4.69, 9.17) is 4.74 Å². The van der Waals surface area contributed by atoms with Crippen LogP contribution in [0.2, 0.25) is 0 Å². The summed E-state index contributed by atoms with van der Waals surface area (Å²) in [6, 6.07) is 5.64. The van der Waals surface area contributed by atoms with Gasteiger partial charge in [0.05, 0.1) is 12.3 Å². The monoisotopic (exact) mass is 450 g/mol. The lowest BCUT2D eigenvalue weighted by Gasteiger charge is -2.07. The SMILES string of the molecule is COCc1nc(-c2ccc(Br)c(Br)c2)[nH]c(=O)c1Br. The fourth-order valence-corrected chi connectivity index (χ4v) is 2.45. The molecule has 4 nitrogen and oxygen atoms in total. The van der Waals surface area contributed by atoms with Crippen molar-refractivity contribution in [2.24, 2.45) is 0 Å². The second-order valence-electron chi connectivity index (χ2n) is 3.74. The highest BCUT2D eigenvalue weighted by Gasteiger charge is 2.11. The summed E-state index contributed by atoms with van der Waals surface area (Å²) in [7, 11) is 1.56. The summed E-state index contributed by atoms with van der Waals surface area (Å²) in [6.07, 6.45) is 0. The molecule has 0 amide bonds. The summed E-state index contributed by atoms with van der Waals surface area (Å²) in [5.41, 5.74) is 1.16. The van der Waals surface area contributed by atoms with Crippen LogP contribution < -0.4 is 5.56 Å². The number of nitrogens with one attached hydrogen (secondary N) is 1. The predicted molar refractivity (Wildman–Crippen MR) is 84.1 cm³/mol. The number of hydrogen-bond donors (Lipinski definition) is 1. The first-order valence-electron chi connectivity index (χ1n) is 5.26. The Hall–Kier alpha value is -0.500. The molecule has 1 aromatic heterocycles. The molecule has 0 aliphatic carbocycles. The van der Waals surface area contributed by atoms with E-state index in [1.165, 1.54) is 0 Å². The summed E-state index contributed by atoms with van der Waals surface area (Å²) in [6.45, 7) is 0.273. The topological polar surface area (TPSA) is 55.0 Å². The first-order valence-corrected chi connectivity index (χ1v) is 7.64. The van der Waals surface area contributed by atoms with E-state index in [2.05, 4.69) is 57.8 Å². The fourth-order valence-electron chi connectivity index (χ4n) is 1.52. The number of aromatic amines is 1. The van der Waals surface area contributed by atoms with Gasteiger partial charge < -0.3 is 9.72 Å². The molecule has 0 bridgehead atoms. The number of hydrogen-bond acceptors (Lipinski definition) is 3. The summed E-state index contributed by atoms with van der Waals surface area (Å²) in [5.74, 6) is 0.508. The lowest BCUT2D eigenvalue weighted by Crippen LogP contribution is -2.14. The third-order valence-electron chi connectivity index (χ3n) is 2.41. The van der Waals surface area contributed by atoms with Crippen molar-refractivity contribution in [3.63, 3.8) is 0 Å². The molecule has 1 heterocycles. The van der Waals surface area contributed by atoms with Gasteiger partial charge in [0.2, 0.25) is 0 Å². The number of ether oxygens (including phenoxy) is 1. The van der Waals surface area contributed by atoms with Gasteiger partial charge in [0.25, 0.3) is 5.56 Å². The Kier molecular flexibility index (Phi) is 4.94. The zero-order valence-electron chi connectivity index (χ0n) is 9.84. The van der Waals surface area contributed by atoms with E-state index in [1.807, 2.05) is 18.2 Å². The molecular formula is C12H9Br3N2O2. The van der Waals surface area contributed by atoms with Crippen LogP contribution in [0.4, 0.5) is 0 Å². The number of halogens is 3. The highest BCUT2D eigenvalue weighted by molar-refractivity contribution is 9.13. The van der Waals surface area contributed by atoms with E-state index < -0.39 is 0 Å². The largest absolute Gasteiger partial charge is 0.378 e. The van der Waals surface area contributed by atoms with Gasteiger partial charge in [-0.15, -0.1) is 0 Å². The highest BCUT2D eigenvalue weighted by atomic mass is 79.9. The van der Waals surface area contributed by atoms with Crippen molar-refractivity contribution in [1.82, 2.24) is 9.97 Å². The Morgan fingerprint density at radius 2 is 2.00 bits per heavy atom. The molecule has 0 unspecified atom stereocenters. The van der Waals surface area contributed by atoms with Gasteiger partial charge >= 0.3 is 0 Å². The molecule has 100 valence electrons. The molecule has 19 heavy (non-hydrogen) atoms. The average molecular weight is 453 g/mol. The summed E-state index contributed by atoms with van der Waals surface area (Å²) < 4.78 is 7.26. The lowest BCUT2D eigenvalue weighted by molar-refractivity contribution is 0.180. The molecular weight excluding hydrogens is 444 g/mol. The third kappa shape index (κ3) is 3.34. The summed E-state index contributed by atoms with van der Waals surface area (Å²) in [5, 5.41) is 0. The van der Waals surface area contributed by atoms with Crippen molar-refractivity contribution in [3.8, 4) is 11.4 Å². The molecule has 2 rings (SSSR count). The van der Waals surface area contributed by atoms with E-state index in [9.17, 15) is 4.79 Å². The number of H-pyrrole nitrogens is 1. The quantitative estimate of drug-likeness (QED) is 0.769. The van der Waals surface area contributed by atoms with E-state index in [-0.39, 0.29) is 12.2 Å². The van der Waals surface area contributed by atoms with Crippen LogP contribution >= 0.6 is 47.8 Å². The molecule has 0 atom stereocenters. The minimum atomic E-state index is -0.226. The Morgan fingerprint density at radius 3 is 2.63 bits per heavy atom.